The normalized spacial score (nSPS) is 13.7. The number of ether oxygens (including phenoxy) is 1. The average Bonchev–Trinajstić information content (AvgIpc) is 2.77. The zero-order valence-electron chi connectivity index (χ0n) is 17.6. The van der Waals surface area contributed by atoms with Crippen molar-refractivity contribution in [1.82, 2.24) is 15.3 Å². The van der Waals surface area contributed by atoms with Gasteiger partial charge in [-0.05, 0) is 43.3 Å². The number of esters is 1. The molecule has 3 aromatic rings. The Hall–Kier alpha value is -3.97. The maximum atomic E-state index is 14.3. The second kappa shape index (κ2) is 9.35. The Bertz CT molecular complexity index is 1250. The van der Waals surface area contributed by atoms with E-state index in [0.29, 0.717) is 0 Å². The van der Waals surface area contributed by atoms with Gasteiger partial charge in [0.15, 0.2) is 11.5 Å². The van der Waals surface area contributed by atoms with Crippen LogP contribution in [0.15, 0.2) is 48.5 Å². The van der Waals surface area contributed by atoms with Gasteiger partial charge in [-0.15, -0.1) is 0 Å². The Morgan fingerprint density at radius 2 is 1.49 bits per heavy atom. The van der Waals surface area contributed by atoms with Gasteiger partial charge in [0.05, 0.1) is 17.6 Å². The van der Waals surface area contributed by atoms with E-state index < -0.39 is 59.4 Å². The summed E-state index contributed by atoms with van der Waals surface area (Å²) < 4.78 is 102. The number of anilines is 1. The smallest absolute Gasteiger partial charge is 0.441 e. The van der Waals surface area contributed by atoms with Crippen LogP contribution in [0.4, 0.5) is 36.6 Å². The molecular weight excluding hydrogens is 489 g/mol. The number of nitrogens with zero attached hydrogens (tertiary/aromatic N) is 2. The number of hydrogen-bond donors (Lipinski definition) is 2. The fourth-order valence-corrected chi connectivity index (χ4v) is 2.94. The van der Waals surface area contributed by atoms with Crippen LogP contribution in [0.3, 0.4) is 0 Å². The predicted octanol–water partition coefficient (Wildman–Crippen LogP) is 4.45. The maximum absolute atomic E-state index is 14.3. The number of carbonyl (C=O) groups is 2. The van der Waals surface area contributed by atoms with E-state index in [1.165, 1.54) is 28.8 Å². The molecule has 14 heteroatoms. The van der Waals surface area contributed by atoms with E-state index in [2.05, 4.69) is 14.7 Å². The fraction of sp³-hybridized carbons (Fsp3) is 0.238. The van der Waals surface area contributed by atoms with E-state index in [-0.39, 0.29) is 11.0 Å². The molecule has 3 rings (SSSR count). The van der Waals surface area contributed by atoms with Crippen molar-refractivity contribution in [1.29, 1.82) is 0 Å². The first-order valence-corrected chi connectivity index (χ1v) is 9.72. The molecule has 7 nitrogen and oxygen atoms in total. The molecule has 35 heavy (non-hydrogen) atoms. The SMILES string of the molecule is CCOC(=O)[C@@](NC(=O)c1ccc(F)cc1)(Nc1nc2ccccc2nc1C(F)(F)F)C(F)(F)F. The van der Waals surface area contributed by atoms with Gasteiger partial charge in [0, 0.05) is 5.56 Å². The molecule has 0 fully saturated rings. The van der Waals surface area contributed by atoms with Gasteiger partial charge in [-0.2, -0.15) is 26.3 Å². The standard InChI is InChI=1S/C21H15F7N4O3/c1-2-35-18(34)19(21(26,27)28,32-17(33)11-7-9-12(22)10-8-11)31-16-15(20(23,24)25)29-13-5-3-4-6-14(13)30-16/h3-10H,2H2,1H3,(H,30,31)(H,32,33)/t19-/m0/s1. The Labute approximate surface area is 192 Å². The summed E-state index contributed by atoms with van der Waals surface area (Å²) in [6, 6.07) is 8.18. The summed E-state index contributed by atoms with van der Waals surface area (Å²) in [7, 11) is 0. The minimum absolute atomic E-state index is 0.229. The molecule has 0 aliphatic heterocycles. The third-order valence-electron chi connectivity index (χ3n) is 4.56. The van der Waals surface area contributed by atoms with Gasteiger partial charge in [-0.3, -0.25) is 4.79 Å². The number of halogens is 7. The summed E-state index contributed by atoms with van der Waals surface area (Å²) in [5.74, 6) is -6.02. The Morgan fingerprint density at radius 3 is 2.00 bits per heavy atom. The number of hydrogen-bond acceptors (Lipinski definition) is 6. The molecule has 0 aliphatic carbocycles. The average molecular weight is 504 g/mol. The summed E-state index contributed by atoms with van der Waals surface area (Å²) in [4.78, 5) is 32.0. The van der Waals surface area contributed by atoms with E-state index in [1.54, 1.807) is 0 Å². The lowest BCUT2D eigenvalue weighted by molar-refractivity contribution is -0.205. The predicted molar refractivity (Wildman–Crippen MR) is 107 cm³/mol. The zero-order chi connectivity index (χ0) is 26.0. The molecule has 0 saturated heterocycles. The van der Waals surface area contributed by atoms with Crippen LogP contribution in [0.5, 0.6) is 0 Å². The van der Waals surface area contributed by atoms with Crippen molar-refractivity contribution in [3.05, 3.63) is 65.6 Å². The molecule has 1 heterocycles. The molecule has 0 spiro atoms. The number of benzene rings is 2. The minimum atomic E-state index is -5.74. The highest BCUT2D eigenvalue weighted by Crippen LogP contribution is 2.38. The number of para-hydroxylation sites is 2. The highest BCUT2D eigenvalue weighted by Gasteiger charge is 2.64. The quantitative estimate of drug-likeness (QED) is 0.293. The van der Waals surface area contributed by atoms with Crippen molar-refractivity contribution >= 4 is 28.7 Å². The van der Waals surface area contributed by atoms with E-state index in [4.69, 9.17) is 0 Å². The molecule has 0 bridgehead atoms. The number of amides is 1. The second-order valence-corrected chi connectivity index (χ2v) is 6.96. The lowest BCUT2D eigenvalue weighted by Crippen LogP contribution is -2.69. The molecule has 0 aliphatic rings. The molecule has 1 atom stereocenters. The molecule has 1 aromatic heterocycles. The number of carbonyl (C=O) groups excluding carboxylic acids is 2. The first-order valence-electron chi connectivity index (χ1n) is 9.72. The van der Waals surface area contributed by atoms with Gasteiger partial charge in [-0.1, -0.05) is 12.1 Å². The first kappa shape index (κ1) is 25.6. The van der Waals surface area contributed by atoms with Gasteiger partial charge >= 0.3 is 24.0 Å². The monoisotopic (exact) mass is 504 g/mol. The highest BCUT2D eigenvalue weighted by molar-refractivity contribution is 5.99. The van der Waals surface area contributed by atoms with Gasteiger partial charge in [0.2, 0.25) is 0 Å². The summed E-state index contributed by atoms with van der Waals surface area (Å²) in [5, 5.41) is 2.76. The topological polar surface area (TPSA) is 93.2 Å². The molecule has 186 valence electrons. The molecular formula is C21H15F7N4O3. The summed E-state index contributed by atoms with van der Waals surface area (Å²) in [6.45, 7) is 0.540. The van der Waals surface area contributed by atoms with E-state index in [1.807, 2.05) is 0 Å². The number of nitrogens with one attached hydrogen (secondary N) is 2. The van der Waals surface area contributed by atoms with Crippen molar-refractivity contribution in [2.24, 2.45) is 0 Å². The molecule has 0 saturated carbocycles. The lowest BCUT2D eigenvalue weighted by Gasteiger charge is -2.35. The van der Waals surface area contributed by atoms with E-state index in [0.717, 1.165) is 37.3 Å². The largest absolute Gasteiger partial charge is 0.463 e. The molecule has 1 amide bonds. The molecule has 0 unspecified atom stereocenters. The van der Waals surface area contributed by atoms with Crippen LogP contribution < -0.4 is 10.6 Å². The third-order valence-corrected chi connectivity index (χ3v) is 4.56. The van der Waals surface area contributed by atoms with Crippen molar-refractivity contribution in [2.45, 2.75) is 24.9 Å². The van der Waals surface area contributed by atoms with Gasteiger partial charge in [-0.25, -0.2) is 19.2 Å². The minimum Gasteiger partial charge on any atom is -0.463 e. The van der Waals surface area contributed by atoms with Crippen LogP contribution in [0.25, 0.3) is 11.0 Å². The number of aromatic nitrogens is 2. The van der Waals surface area contributed by atoms with Gasteiger partial charge in [0.25, 0.3) is 5.91 Å². The van der Waals surface area contributed by atoms with Crippen molar-refractivity contribution in [3.63, 3.8) is 0 Å². The maximum Gasteiger partial charge on any atom is 0.441 e. The Kier molecular flexibility index (Phi) is 6.85. The van der Waals surface area contributed by atoms with Crippen molar-refractivity contribution in [3.8, 4) is 0 Å². The third kappa shape index (κ3) is 5.25. The van der Waals surface area contributed by atoms with Crippen LogP contribution in [-0.2, 0) is 15.7 Å². The molecule has 2 aromatic carbocycles. The highest BCUT2D eigenvalue weighted by atomic mass is 19.4. The van der Waals surface area contributed by atoms with Crippen LogP contribution in [0, 0.1) is 5.82 Å². The van der Waals surface area contributed by atoms with Gasteiger partial charge in [0.1, 0.15) is 5.82 Å². The summed E-state index contributed by atoms with van der Waals surface area (Å²) in [6.07, 6.45) is -11.0. The van der Waals surface area contributed by atoms with Crippen molar-refractivity contribution in [2.75, 3.05) is 11.9 Å². The van der Waals surface area contributed by atoms with Crippen molar-refractivity contribution < 1.29 is 45.1 Å². The lowest BCUT2D eigenvalue weighted by atomic mass is 10.1. The zero-order valence-corrected chi connectivity index (χ0v) is 17.6. The van der Waals surface area contributed by atoms with E-state index in [9.17, 15) is 40.3 Å². The number of alkyl halides is 6. The molecule has 2 N–H and O–H groups in total. The fourth-order valence-electron chi connectivity index (χ4n) is 2.94. The Morgan fingerprint density at radius 1 is 0.914 bits per heavy atom. The van der Waals surface area contributed by atoms with Gasteiger partial charge < -0.3 is 15.4 Å². The second-order valence-electron chi connectivity index (χ2n) is 6.96. The van der Waals surface area contributed by atoms with Crippen LogP contribution >= 0.6 is 0 Å². The Balaban J connectivity index is 2.21. The summed E-state index contributed by atoms with van der Waals surface area (Å²) in [5.41, 5.74) is -7.12. The van der Waals surface area contributed by atoms with E-state index >= 15 is 0 Å². The summed E-state index contributed by atoms with van der Waals surface area (Å²) >= 11 is 0. The first-order chi connectivity index (χ1) is 16.3. The number of fused-ring (bicyclic) bond motifs is 1. The van der Waals surface area contributed by atoms with Crippen LogP contribution in [0.2, 0.25) is 0 Å². The molecule has 0 radical (unpaired) electrons. The van der Waals surface area contributed by atoms with Crippen LogP contribution in [0.1, 0.15) is 23.0 Å². The number of rotatable bonds is 6. The van der Waals surface area contributed by atoms with Crippen LogP contribution in [-0.4, -0.2) is 40.3 Å².